The number of ether oxygens (including phenoxy) is 3. The normalized spacial score (nSPS) is 16.1. The first-order chi connectivity index (χ1) is 13.3. The number of rotatable bonds is 6. The lowest BCUT2D eigenvalue weighted by atomic mass is 9.84. The summed E-state index contributed by atoms with van der Waals surface area (Å²) in [4.78, 5) is 12.0. The third kappa shape index (κ3) is 4.54. The van der Waals surface area contributed by atoms with Crippen LogP contribution < -0.4 is 19.5 Å². The summed E-state index contributed by atoms with van der Waals surface area (Å²) in [6.07, 6.45) is 6.57. The Labute approximate surface area is 159 Å². The van der Waals surface area contributed by atoms with E-state index in [1.807, 2.05) is 30.3 Å². The van der Waals surface area contributed by atoms with Crippen LogP contribution in [0.2, 0.25) is 0 Å². The van der Waals surface area contributed by atoms with E-state index in [0.29, 0.717) is 12.5 Å². The van der Waals surface area contributed by atoms with Crippen LogP contribution in [0.15, 0.2) is 42.5 Å². The number of amides is 1. The Balaban J connectivity index is 1.23. The van der Waals surface area contributed by atoms with E-state index in [0.717, 1.165) is 22.8 Å². The average molecular weight is 367 g/mol. The van der Waals surface area contributed by atoms with Crippen molar-refractivity contribution in [3.05, 3.63) is 53.6 Å². The zero-order valence-corrected chi connectivity index (χ0v) is 15.4. The van der Waals surface area contributed by atoms with Crippen LogP contribution in [0.5, 0.6) is 17.2 Å². The van der Waals surface area contributed by atoms with E-state index in [1.165, 1.54) is 37.7 Å². The third-order valence-electron chi connectivity index (χ3n) is 5.25. The van der Waals surface area contributed by atoms with Gasteiger partial charge in [0.1, 0.15) is 5.75 Å². The molecule has 142 valence electrons. The molecule has 0 unspecified atom stereocenters. The van der Waals surface area contributed by atoms with Crippen molar-refractivity contribution in [1.82, 2.24) is 5.32 Å². The Kier molecular flexibility index (Phi) is 5.47. The van der Waals surface area contributed by atoms with E-state index < -0.39 is 0 Å². The predicted molar refractivity (Wildman–Crippen MR) is 102 cm³/mol. The first-order valence-electron chi connectivity index (χ1n) is 9.66. The molecule has 1 heterocycles. The van der Waals surface area contributed by atoms with Gasteiger partial charge in [-0.3, -0.25) is 4.79 Å². The Bertz CT molecular complexity index is 781. The van der Waals surface area contributed by atoms with Gasteiger partial charge in [0.25, 0.3) is 5.91 Å². The van der Waals surface area contributed by atoms with Gasteiger partial charge >= 0.3 is 0 Å². The van der Waals surface area contributed by atoms with Crippen LogP contribution in [-0.4, -0.2) is 19.3 Å². The highest BCUT2D eigenvalue weighted by atomic mass is 16.7. The average Bonchev–Trinajstić information content (AvgIpc) is 3.19. The second-order valence-electron chi connectivity index (χ2n) is 7.16. The van der Waals surface area contributed by atoms with Crippen molar-refractivity contribution >= 4 is 5.91 Å². The molecule has 5 heteroatoms. The highest BCUT2D eigenvalue weighted by molar-refractivity contribution is 5.77. The van der Waals surface area contributed by atoms with Crippen molar-refractivity contribution in [1.29, 1.82) is 0 Å². The lowest BCUT2D eigenvalue weighted by Gasteiger charge is -2.22. The number of hydrogen-bond donors (Lipinski definition) is 1. The van der Waals surface area contributed by atoms with E-state index in [2.05, 4.69) is 17.4 Å². The maximum atomic E-state index is 12.0. The molecule has 1 fully saturated rings. The number of benzene rings is 2. The zero-order chi connectivity index (χ0) is 18.5. The van der Waals surface area contributed by atoms with E-state index >= 15 is 0 Å². The molecule has 1 N–H and O–H groups in total. The molecule has 0 aromatic heterocycles. The minimum absolute atomic E-state index is 0.00727. The molecule has 1 saturated carbocycles. The summed E-state index contributed by atoms with van der Waals surface area (Å²) in [5.41, 5.74) is 2.35. The maximum Gasteiger partial charge on any atom is 0.258 e. The molecule has 2 aliphatic rings. The molecule has 4 rings (SSSR count). The summed E-state index contributed by atoms with van der Waals surface area (Å²) in [6, 6.07) is 13.9. The van der Waals surface area contributed by atoms with Crippen LogP contribution in [0.1, 0.15) is 49.1 Å². The summed E-state index contributed by atoms with van der Waals surface area (Å²) in [6.45, 7) is 0.686. The van der Waals surface area contributed by atoms with E-state index in [1.54, 1.807) is 0 Å². The smallest absolute Gasteiger partial charge is 0.258 e. The number of carbonyl (C=O) groups is 1. The molecule has 0 atom stereocenters. The molecular weight excluding hydrogens is 342 g/mol. The van der Waals surface area contributed by atoms with Crippen LogP contribution in [0.25, 0.3) is 0 Å². The van der Waals surface area contributed by atoms with Gasteiger partial charge in [-0.05, 0) is 54.2 Å². The quantitative estimate of drug-likeness (QED) is 0.833. The fourth-order valence-corrected chi connectivity index (χ4v) is 3.72. The van der Waals surface area contributed by atoms with Gasteiger partial charge in [-0.25, -0.2) is 0 Å². The van der Waals surface area contributed by atoms with Gasteiger partial charge in [-0.1, -0.05) is 37.5 Å². The van der Waals surface area contributed by atoms with Crippen LogP contribution in [-0.2, 0) is 11.3 Å². The van der Waals surface area contributed by atoms with Gasteiger partial charge < -0.3 is 19.5 Å². The molecule has 0 saturated heterocycles. The predicted octanol–water partition coefficient (Wildman–Crippen LogP) is 4.16. The summed E-state index contributed by atoms with van der Waals surface area (Å²) in [5.74, 6) is 2.72. The first kappa shape index (κ1) is 17.7. The van der Waals surface area contributed by atoms with Crippen molar-refractivity contribution in [3.8, 4) is 17.2 Å². The molecule has 0 bridgehead atoms. The SMILES string of the molecule is O=C(COc1ccc(C2CCCCC2)cc1)NCc1ccc2c(c1)OCO2. The molecule has 27 heavy (non-hydrogen) atoms. The van der Waals surface area contributed by atoms with Crippen molar-refractivity contribution in [3.63, 3.8) is 0 Å². The maximum absolute atomic E-state index is 12.0. The summed E-state index contributed by atoms with van der Waals surface area (Å²) in [7, 11) is 0. The lowest BCUT2D eigenvalue weighted by molar-refractivity contribution is -0.123. The molecular formula is C22H25NO4. The first-order valence-corrected chi connectivity index (χ1v) is 9.66. The number of nitrogens with one attached hydrogen (secondary N) is 1. The highest BCUT2D eigenvalue weighted by Gasteiger charge is 2.16. The fraction of sp³-hybridized carbons (Fsp3) is 0.409. The third-order valence-corrected chi connectivity index (χ3v) is 5.25. The summed E-state index contributed by atoms with van der Waals surface area (Å²) in [5, 5.41) is 2.86. The second-order valence-corrected chi connectivity index (χ2v) is 7.16. The Morgan fingerprint density at radius 1 is 1.00 bits per heavy atom. The van der Waals surface area contributed by atoms with Gasteiger partial charge in [0, 0.05) is 6.54 Å². The van der Waals surface area contributed by atoms with Crippen LogP contribution in [0, 0.1) is 0 Å². The van der Waals surface area contributed by atoms with Crippen molar-refractivity contribution in [2.45, 2.75) is 44.6 Å². The van der Waals surface area contributed by atoms with Gasteiger partial charge in [-0.2, -0.15) is 0 Å². The fourth-order valence-electron chi connectivity index (χ4n) is 3.72. The molecule has 1 amide bonds. The van der Waals surface area contributed by atoms with Crippen molar-refractivity contribution in [2.24, 2.45) is 0 Å². The zero-order valence-electron chi connectivity index (χ0n) is 15.4. The molecule has 1 aliphatic carbocycles. The lowest BCUT2D eigenvalue weighted by Crippen LogP contribution is -2.28. The van der Waals surface area contributed by atoms with E-state index in [9.17, 15) is 4.79 Å². The minimum atomic E-state index is -0.149. The summed E-state index contributed by atoms with van der Waals surface area (Å²) < 4.78 is 16.2. The van der Waals surface area contributed by atoms with Crippen LogP contribution in [0.3, 0.4) is 0 Å². The number of hydrogen-bond acceptors (Lipinski definition) is 4. The molecule has 5 nitrogen and oxygen atoms in total. The largest absolute Gasteiger partial charge is 0.484 e. The second kappa shape index (κ2) is 8.33. The van der Waals surface area contributed by atoms with Gasteiger partial charge in [0.05, 0.1) is 0 Å². The summed E-state index contributed by atoms with van der Waals surface area (Å²) >= 11 is 0. The Morgan fingerprint density at radius 3 is 2.59 bits per heavy atom. The van der Waals surface area contributed by atoms with Crippen LogP contribution >= 0.6 is 0 Å². The number of fused-ring (bicyclic) bond motifs is 1. The van der Waals surface area contributed by atoms with E-state index in [4.69, 9.17) is 14.2 Å². The topological polar surface area (TPSA) is 56.8 Å². The van der Waals surface area contributed by atoms with Crippen LogP contribution in [0.4, 0.5) is 0 Å². The van der Waals surface area contributed by atoms with Crippen molar-refractivity contribution in [2.75, 3.05) is 13.4 Å². The standard InChI is InChI=1S/C22H25NO4/c24-22(23-13-16-6-11-20-21(12-16)27-15-26-20)14-25-19-9-7-18(8-10-19)17-4-2-1-3-5-17/h6-12,17H,1-5,13-15H2,(H,23,24). The van der Waals surface area contributed by atoms with Gasteiger partial charge in [0.15, 0.2) is 18.1 Å². The van der Waals surface area contributed by atoms with Gasteiger partial charge in [0.2, 0.25) is 6.79 Å². The van der Waals surface area contributed by atoms with Gasteiger partial charge in [-0.15, -0.1) is 0 Å². The van der Waals surface area contributed by atoms with E-state index in [-0.39, 0.29) is 19.3 Å². The Hall–Kier alpha value is -2.69. The molecule has 1 aliphatic heterocycles. The number of carbonyl (C=O) groups excluding carboxylic acids is 1. The molecule has 0 radical (unpaired) electrons. The molecule has 2 aromatic carbocycles. The Morgan fingerprint density at radius 2 is 1.78 bits per heavy atom. The van der Waals surface area contributed by atoms with Crippen molar-refractivity contribution < 1.29 is 19.0 Å². The highest BCUT2D eigenvalue weighted by Crippen LogP contribution is 2.33. The monoisotopic (exact) mass is 367 g/mol. The molecule has 0 spiro atoms. The molecule has 2 aromatic rings. The minimum Gasteiger partial charge on any atom is -0.484 e.